The quantitative estimate of drug-likeness (QED) is 0.815. The van der Waals surface area contributed by atoms with Gasteiger partial charge in [0.2, 0.25) is 0 Å². The van der Waals surface area contributed by atoms with Crippen molar-refractivity contribution in [3.8, 4) is 11.5 Å². The van der Waals surface area contributed by atoms with Gasteiger partial charge in [-0.05, 0) is 75.5 Å². The highest BCUT2D eigenvalue weighted by Gasteiger charge is 2.28. The molecule has 0 radical (unpaired) electrons. The van der Waals surface area contributed by atoms with Gasteiger partial charge in [0.25, 0.3) is 5.91 Å². The molecule has 2 aromatic rings. The summed E-state index contributed by atoms with van der Waals surface area (Å²) in [4.78, 5) is 22.3. The van der Waals surface area contributed by atoms with E-state index in [1.165, 1.54) is 0 Å². The van der Waals surface area contributed by atoms with E-state index in [2.05, 4.69) is 4.90 Å². The van der Waals surface area contributed by atoms with E-state index >= 15 is 0 Å². The molecule has 0 spiro atoms. The van der Waals surface area contributed by atoms with Gasteiger partial charge in [0.15, 0.2) is 11.5 Å². The van der Waals surface area contributed by atoms with E-state index in [4.69, 9.17) is 9.72 Å². The van der Waals surface area contributed by atoms with Crippen LogP contribution in [0.15, 0.2) is 30.3 Å². The zero-order chi connectivity index (χ0) is 21.1. The van der Waals surface area contributed by atoms with E-state index in [1.807, 2.05) is 36.1 Å². The number of ether oxygens (including phenoxy) is 1. The second-order valence-electron chi connectivity index (χ2n) is 8.44. The number of likely N-dealkylation sites (tertiary alicyclic amines) is 2. The number of aromatic nitrogens is 1. The van der Waals surface area contributed by atoms with Gasteiger partial charge in [0.05, 0.1) is 18.4 Å². The molecular weight excluding hydrogens is 378 g/mol. The summed E-state index contributed by atoms with van der Waals surface area (Å²) in [5.41, 5.74) is 3.88. The molecule has 1 N–H and O–H groups in total. The average molecular weight is 410 g/mol. The zero-order valence-electron chi connectivity index (χ0n) is 17.9. The molecule has 2 aliphatic heterocycles. The fourth-order valence-corrected chi connectivity index (χ4v) is 4.60. The molecule has 2 aliphatic rings. The second-order valence-corrected chi connectivity index (χ2v) is 8.44. The van der Waals surface area contributed by atoms with Gasteiger partial charge in [0.1, 0.15) is 0 Å². The van der Waals surface area contributed by atoms with Crippen LogP contribution in [0.2, 0.25) is 0 Å². The van der Waals surface area contributed by atoms with E-state index in [9.17, 15) is 9.90 Å². The van der Waals surface area contributed by atoms with Crippen LogP contribution in [0.1, 0.15) is 58.9 Å². The van der Waals surface area contributed by atoms with Crippen molar-refractivity contribution in [1.82, 2.24) is 14.8 Å². The number of phenolic OH excluding ortho intramolecular Hbond substituents is 1. The summed E-state index contributed by atoms with van der Waals surface area (Å²) >= 11 is 0. The van der Waals surface area contributed by atoms with Crippen molar-refractivity contribution >= 4 is 5.91 Å². The minimum Gasteiger partial charge on any atom is -0.504 e. The van der Waals surface area contributed by atoms with E-state index in [0.717, 1.165) is 80.9 Å². The lowest BCUT2D eigenvalue weighted by atomic mass is 9.89. The first kappa shape index (κ1) is 20.7. The van der Waals surface area contributed by atoms with Crippen LogP contribution in [0.3, 0.4) is 0 Å². The molecule has 6 heteroatoms. The third-order valence-corrected chi connectivity index (χ3v) is 6.31. The Morgan fingerprint density at radius 1 is 1.13 bits per heavy atom. The van der Waals surface area contributed by atoms with Crippen LogP contribution in [0.25, 0.3) is 0 Å². The van der Waals surface area contributed by atoms with Crippen molar-refractivity contribution in [2.45, 2.75) is 45.1 Å². The normalized spacial score (nSPS) is 18.0. The minimum absolute atomic E-state index is 0.147. The summed E-state index contributed by atoms with van der Waals surface area (Å²) in [6.45, 7) is 6.47. The summed E-state index contributed by atoms with van der Waals surface area (Å²) in [6, 6.07) is 9.47. The van der Waals surface area contributed by atoms with Gasteiger partial charge in [0, 0.05) is 31.2 Å². The van der Waals surface area contributed by atoms with E-state index in [1.54, 1.807) is 13.2 Å². The lowest BCUT2D eigenvalue weighted by molar-refractivity contribution is 0.0789. The SMILES string of the molecule is COc1cc(CN2CCC(c3nc(C)ccc3C(=O)N3CCCC3)CC2)ccc1O. The van der Waals surface area contributed by atoms with Crippen LogP contribution in [0, 0.1) is 6.92 Å². The second kappa shape index (κ2) is 9.04. The fraction of sp³-hybridized carbons (Fsp3) is 0.500. The van der Waals surface area contributed by atoms with Crippen LogP contribution in [0.4, 0.5) is 0 Å². The number of nitrogens with zero attached hydrogens (tertiary/aromatic N) is 3. The van der Waals surface area contributed by atoms with Gasteiger partial charge in [-0.2, -0.15) is 0 Å². The molecule has 2 fully saturated rings. The van der Waals surface area contributed by atoms with Crippen LogP contribution in [-0.4, -0.2) is 59.1 Å². The Kier molecular flexibility index (Phi) is 6.23. The molecule has 30 heavy (non-hydrogen) atoms. The van der Waals surface area contributed by atoms with E-state index in [0.29, 0.717) is 11.7 Å². The van der Waals surface area contributed by atoms with Crippen LogP contribution < -0.4 is 4.74 Å². The minimum atomic E-state index is 0.147. The number of rotatable bonds is 5. The molecule has 6 nitrogen and oxygen atoms in total. The lowest BCUT2D eigenvalue weighted by Gasteiger charge is -2.32. The maximum absolute atomic E-state index is 13.1. The number of pyridine rings is 1. The molecule has 0 atom stereocenters. The monoisotopic (exact) mass is 409 g/mol. The van der Waals surface area contributed by atoms with Gasteiger partial charge >= 0.3 is 0 Å². The first-order chi connectivity index (χ1) is 14.5. The smallest absolute Gasteiger partial charge is 0.255 e. The van der Waals surface area contributed by atoms with E-state index < -0.39 is 0 Å². The largest absolute Gasteiger partial charge is 0.504 e. The number of hydrogen-bond acceptors (Lipinski definition) is 5. The molecule has 0 saturated carbocycles. The number of phenols is 1. The molecule has 1 aromatic carbocycles. The van der Waals surface area contributed by atoms with Crippen molar-refractivity contribution in [3.63, 3.8) is 0 Å². The number of carbonyl (C=O) groups is 1. The number of piperidine rings is 1. The Morgan fingerprint density at radius 2 is 1.87 bits per heavy atom. The van der Waals surface area contributed by atoms with Crippen molar-refractivity contribution in [2.75, 3.05) is 33.3 Å². The molecule has 1 aromatic heterocycles. The highest BCUT2D eigenvalue weighted by atomic mass is 16.5. The Labute approximate surface area is 178 Å². The van der Waals surface area contributed by atoms with Crippen molar-refractivity contribution < 1.29 is 14.6 Å². The van der Waals surface area contributed by atoms with Gasteiger partial charge in [-0.15, -0.1) is 0 Å². The third kappa shape index (κ3) is 4.43. The number of hydrogen-bond donors (Lipinski definition) is 1. The molecule has 1 amide bonds. The predicted octanol–water partition coefficient (Wildman–Crippen LogP) is 3.72. The first-order valence-corrected chi connectivity index (χ1v) is 10.9. The highest BCUT2D eigenvalue weighted by Crippen LogP contribution is 2.32. The topological polar surface area (TPSA) is 65.9 Å². The number of carbonyl (C=O) groups excluding carboxylic acids is 1. The average Bonchev–Trinajstić information content (AvgIpc) is 3.30. The molecule has 4 rings (SSSR count). The Morgan fingerprint density at radius 3 is 2.57 bits per heavy atom. The molecular formula is C24H31N3O3. The number of amides is 1. The Bertz CT molecular complexity index is 901. The maximum atomic E-state index is 13.1. The van der Waals surface area contributed by atoms with Crippen molar-refractivity contribution in [3.05, 3.63) is 52.8 Å². The van der Waals surface area contributed by atoms with Crippen LogP contribution >= 0.6 is 0 Å². The zero-order valence-corrected chi connectivity index (χ0v) is 17.9. The lowest BCUT2D eigenvalue weighted by Crippen LogP contribution is -2.34. The number of benzene rings is 1. The predicted molar refractivity (Wildman–Crippen MR) is 116 cm³/mol. The summed E-state index contributed by atoms with van der Waals surface area (Å²) < 4.78 is 5.23. The molecule has 0 unspecified atom stereocenters. The molecule has 3 heterocycles. The number of aryl methyl sites for hydroxylation is 1. The highest BCUT2D eigenvalue weighted by molar-refractivity contribution is 5.95. The maximum Gasteiger partial charge on any atom is 0.255 e. The molecule has 2 saturated heterocycles. The fourth-order valence-electron chi connectivity index (χ4n) is 4.60. The van der Waals surface area contributed by atoms with Crippen LogP contribution in [-0.2, 0) is 6.54 Å². The standard InChI is InChI=1S/C24H31N3O3/c1-17-5-7-20(24(29)27-11-3-4-12-27)23(25-17)19-9-13-26(14-10-19)16-18-6-8-21(28)22(15-18)30-2/h5-8,15,19,28H,3-4,9-14,16H2,1-2H3. The summed E-state index contributed by atoms with van der Waals surface area (Å²) in [5.74, 6) is 1.14. The summed E-state index contributed by atoms with van der Waals surface area (Å²) in [7, 11) is 1.57. The number of aromatic hydroxyl groups is 1. The van der Waals surface area contributed by atoms with Gasteiger partial charge in [-0.1, -0.05) is 6.07 Å². The summed E-state index contributed by atoms with van der Waals surface area (Å²) in [5, 5.41) is 9.80. The Hall–Kier alpha value is -2.60. The van der Waals surface area contributed by atoms with Crippen LogP contribution in [0.5, 0.6) is 11.5 Å². The molecule has 0 bridgehead atoms. The van der Waals surface area contributed by atoms with Gasteiger partial charge < -0.3 is 14.7 Å². The Balaban J connectivity index is 1.44. The first-order valence-electron chi connectivity index (χ1n) is 10.9. The van der Waals surface area contributed by atoms with Crippen molar-refractivity contribution in [1.29, 1.82) is 0 Å². The third-order valence-electron chi connectivity index (χ3n) is 6.31. The van der Waals surface area contributed by atoms with E-state index in [-0.39, 0.29) is 11.7 Å². The summed E-state index contributed by atoms with van der Waals surface area (Å²) in [6.07, 6.45) is 4.18. The number of methoxy groups -OCH3 is 1. The van der Waals surface area contributed by atoms with Gasteiger partial charge in [-0.3, -0.25) is 14.7 Å². The molecule has 160 valence electrons. The molecule has 0 aliphatic carbocycles. The van der Waals surface area contributed by atoms with Crippen molar-refractivity contribution in [2.24, 2.45) is 0 Å². The van der Waals surface area contributed by atoms with Gasteiger partial charge in [-0.25, -0.2) is 0 Å².